The van der Waals surface area contributed by atoms with Crippen LogP contribution in [-0.4, -0.2) is 35.1 Å². The molecule has 1 heterocycles. The van der Waals surface area contributed by atoms with Crippen molar-refractivity contribution < 1.29 is 23.9 Å². The van der Waals surface area contributed by atoms with Gasteiger partial charge in [0.05, 0.1) is 0 Å². The number of carbonyl (C=O) groups excluding carboxylic acids is 4. The molecule has 7 heteroatoms. The number of amides is 3. The molecule has 1 fully saturated rings. The van der Waals surface area contributed by atoms with Gasteiger partial charge in [-0.2, -0.15) is 0 Å². The van der Waals surface area contributed by atoms with Crippen LogP contribution in [0.2, 0.25) is 0 Å². The number of urea groups is 1. The molecule has 0 aromatic heterocycles. The topological polar surface area (TPSA) is 92.8 Å². The average Bonchev–Trinajstić information content (AvgIpc) is 3.04. The first-order valence-electron chi connectivity index (χ1n) is 10.4. The number of aryl methyl sites for hydroxylation is 1. The van der Waals surface area contributed by atoms with Gasteiger partial charge in [-0.25, -0.2) is 9.59 Å². The lowest BCUT2D eigenvalue weighted by Crippen LogP contribution is -2.41. The molecule has 3 amide bonds. The molecular formula is C26H22N2O5. The van der Waals surface area contributed by atoms with Crippen LogP contribution in [-0.2, 0) is 15.1 Å². The van der Waals surface area contributed by atoms with E-state index in [9.17, 15) is 19.2 Å². The second-order valence-corrected chi connectivity index (χ2v) is 8.01. The Morgan fingerprint density at radius 2 is 1.48 bits per heavy atom. The van der Waals surface area contributed by atoms with Crippen LogP contribution in [0.15, 0.2) is 78.9 Å². The fourth-order valence-corrected chi connectivity index (χ4v) is 3.65. The van der Waals surface area contributed by atoms with Crippen molar-refractivity contribution in [1.82, 2.24) is 10.2 Å². The zero-order chi connectivity index (χ0) is 23.6. The lowest BCUT2D eigenvalue weighted by molar-refractivity contribution is -0.140. The molecule has 0 spiro atoms. The minimum Gasteiger partial charge on any atom is -0.425 e. The predicted octanol–water partition coefficient (Wildman–Crippen LogP) is 3.60. The first-order chi connectivity index (χ1) is 15.8. The van der Waals surface area contributed by atoms with Crippen LogP contribution in [0.4, 0.5) is 4.79 Å². The first-order valence-corrected chi connectivity index (χ1v) is 10.4. The summed E-state index contributed by atoms with van der Waals surface area (Å²) in [5.74, 6) is -1.24. The normalized spacial score (nSPS) is 17.6. The van der Waals surface area contributed by atoms with E-state index in [4.69, 9.17) is 4.74 Å². The lowest BCUT2D eigenvalue weighted by Gasteiger charge is -2.22. The van der Waals surface area contributed by atoms with Crippen LogP contribution in [0, 0.1) is 6.92 Å². The first kappa shape index (κ1) is 22.0. The van der Waals surface area contributed by atoms with Crippen molar-refractivity contribution in [3.05, 3.63) is 101 Å². The van der Waals surface area contributed by atoms with Gasteiger partial charge in [-0.1, -0.05) is 60.2 Å². The van der Waals surface area contributed by atoms with E-state index in [1.807, 2.05) is 25.1 Å². The number of benzene rings is 3. The molecule has 0 saturated carbocycles. The number of rotatable bonds is 6. The van der Waals surface area contributed by atoms with E-state index < -0.39 is 30.0 Å². The quantitative estimate of drug-likeness (QED) is 0.273. The molecule has 33 heavy (non-hydrogen) atoms. The summed E-state index contributed by atoms with van der Waals surface area (Å²) in [5, 5.41) is 2.66. The van der Waals surface area contributed by atoms with Gasteiger partial charge in [0.15, 0.2) is 5.78 Å². The van der Waals surface area contributed by atoms with Crippen molar-refractivity contribution in [2.24, 2.45) is 0 Å². The second kappa shape index (κ2) is 8.70. The number of hydrogen-bond acceptors (Lipinski definition) is 5. The zero-order valence-electron chi connectivity index (χ0n) is 18.2. The highest BCUT2D eigenvalue weighted by molar-refractivity contribution is 6.09. The van der Waals surface area contributed by atoms with E-state index in [1.54, 1.807) is 55.5 Å². The standard InChI is InChI=1S/C26H22N2O5/c1-17-8-12-20(13-9-17)26(2)24(31)28(25(32)27-26)16-22(29)33-21-14-10-19(11-15-21)23(30)18-6-4-3-5-7-18/h3-15H,16H2,1-2H3,(H,27,32). The number of hydrogen-bond donors (Lipinski definition) is 1. The molecule has 0 aliphatic carbocycles. The molecule has 1 aliphatic rings. The SMILES string of the molecule is Cc1ccc(C2(C)NC(=O)N(CC(=O)Oc3ccc(C(=O)c4ccccc4)cc3)C2=O)cc1. The number of nitrogens with one attached hydrogen (secondary N) is 1. The van der Waals surface area contributed by atoms with Gasteiger partial charge in [-0.15, -0.1) is 0 Å². The smallest absolute Gasteiger partial charge is 0.331 e. The summed E-state index contributed by atoms with van der Waals surface area (Å²) < 4.78 is 5.28. The van der Waals surface area contributed by atoms with Crippen LogP contribution in [0.1, 0.15) is 34.0 Å². The summed E-state index contributed by atoms with van der Waals surface area (Å²) in [6, 6.07) is 21.5. The summed E-state index contributed by atoms with van der Waals surface area (Å²) in [4.78, 5) is 51.1. The molecule has 166 valence electrons. The van der Waals surface area contributed by atoms with Gasteiger partial charge in [-0.05, 0) is 43.7 Å². The molecule has 1 N–H and O–H groups in total. The molecule has 7 nitrogen and oxygen atoms in total. The van der Waals surface area contributed by atoms with Crippen LogP contribution in [0.3, 0.4) is 0 Å². The largest absolute Gasteiger partial charge is 0.425 e. The van der Waals surface area contributed by atoms with Crippen LogP contribution < -0.4 is 10.1 Å². The Kier molecular flexibility index (Phi) is 5.79. The minimum atomic E-state index is -1.26. The van der Waals surface area contributed by atoms with Crippen LogP contribution in [0.25, 0.3) is 0 Å². The maximum Gasteiger partial charge on any atom is 0.331 e. The predicted molar refractivity (Wildman–Crippen MR) is 121 cm³/mol. The zero-order valence-corrected chi connectivity index (χ0v) is 18.2. The van der Waals surface area contributed by atoms with E-state index in [0.29, 0.717) is 16.7 Å². The van der Waals surface area contributed by atoms with Gasteiger partial charge < -0.3 is 10.1 Å². The van der Waals surface area contributed by atoms with E-state index in [0.717, 1.165) is 10.5 Å². The Balaban J connectivity index is 1.41. The van der Waals surface area contributed by atoms with Crippen molar-refractivity contribution in [1.29, 1.82) is 0 Å². The van der Waals surface area contributed by atoms with Gasteiger partial charge >= 0.3 is 12.0 Å². The highest BCUT2D eigenvalue weighted by atomic mass is 16.5. The second-order valence-electron chi connectivity index (χ2n) is 8.01. The molecule has 1 unspecified atom stereocenters. The van der Waals surface area contributed by atoms with Crippen LogP contribution >= 0.6 is 0 Å². The fraction of sp³-hybridized carbons (Fsp3) is 0.154. The molecule has 3 aromatic carbocycles. The summed E-state index contributed by atoms with van der Waals surface area (Å²) in [6.07, 6.45) is 0. The summed E-state index contributed by atoms with van der Waals surface area (Å²) in [5.41, 5.74) is 1.39. The minimum absolute atomic E-state index is 0.150. The average molecular weight is 442 g/mol. The third-order valence-corrected chi connectivity index (χ3v) is 5.58. The van der Waals surface area contributed by atoms with Gasteiger partial charge in [0.1, 0.15) is 17.8 Å². The molecule has 1 saturated heterocycles. The van der Waals surface area contributed by atoms with Gasteiger partial charge in [-0.3, -0.25) is 14.5 Å². The maximum absolute atomic E-state index is 13.0. The summed E-state index contributed by atoms with van der Waals surface area (Å²) >= 11 is 0. The molecule has 1 atom stereocenters. The van der Waals surface area contributed by atoms with Gasteiger partial charge in [0.2, 0.25) is 0 Å². The highest BCUT2D eigenvalue weighted by Crippen LogP contribution is 2.29. The van der Waals surface area contributed by atoms with Crippen molar-refractivity contribution in [3.8, 4) is 5.75 Å². The van der Waals surface area contributed by atoms with Gasteiger partial charge in [0.25, 0.3) is 5.91 Å². The summed E-state index contributed by atoms with van der Waals surface area (Å²) in [6.45, 7) is 3.00. The Morgan fingerprint density at radius 3 is 2.12 bits per heavy atom. The maximum atomic E-state index is 13.0. The highest BCUT2D eigenvalue weighted by Gasteiger charge is 2.49. The van der Waals surface area contributed by atoms with E-state index in [-0.39, 0.29) is 11.5 Å². The Labute approximate surface area is 191 Å². The molecule has 1 aliphatic heterocycles. The van der Waals surface area contributed by atoms with Gasteiger partial charge in [0, 0.05) is 11.1 Å². The number of carbonyl (C=O) groups is 4. The third-order valence-electron chi connectivity index (χ3n) is 5.58. The molecule has 3 aromatic rings. The molecule has 0 bridgehead atoms. The fourth-order valence-electron chi connectivity index (χ4n) is 3.65. The number of esters is 1. The van der Waals surface area contributed by atoms with Crippen LogP contribution in [0.5, 0.6) is 5.75 Å². The number of ether oxygens (including phenoxy) is 1. The van der Waals surface area contributed by atoms with E-state index >= 15 is 0 Å². The monoisotopic (exact) mass is 442 g/mol. The molecule has 0 radical (unpaired) electrons. The van der Waals surface area contributed by atoms with Crippen molar-refractivity contribution >= 4 is 23.7 Å². The Hall–Kier alpha value is -4.26. The molecular weight excluding hydrogens is 420 g/mol. The lowest BCUT2D eigenvalue weighted by atomic mass is 9.91. The number of ketones is 1. The summed E-state index contributed by atoms with van der Waals surface area (Å²) in [7, 11) is 0. The Bertz CT molecular complexity index is 1220. The number of imide groups is 1. The van der Waals surface area contributed by atoms with E-state index in [1.165, 1.54) is 12.1 Å². The van der Waals surface area contributed by atoms with Crippen molar-refractivity contribution in [2.75, 3.05) is 6.54 Å². The van der Waals surface area contributed by atoms with Crippen molar-refractivity contribution in [2.45, 2.75) is 19.4 Å². The number of nitrogens with zero attached hydrogens (tertiary/aromatic N) is 1. The van der Waals surface area contributed by atoms with E-state index in [2.05, 4.69) is 5.32 Å². The third kappa shape index (κ3) is 4.39. The molecule has 4 rings (SSSR count). The van der Waals surface area contributed by atoms with Crippen molar-refractivity contribution in [3.63, 3.8) is 0 Å². The Morgan fingerprint density at radius 1 is 0.879 bits per heavy atom.